The van der Waals surface area contributed by atoms with E-state index >= 15 is 0 Å². The summed E-state index contributed by atoms with van der Waals surface area (Å²) in [6.07, 6.45) is 1.90. The van der Waals surface area contributed by atoms with E-state index in [1.165, 1.54) is 4.31 Å². The van der Waals surface area contributed by atoms with Crippen molar-refractivity contribution in [2.45, 2.75) is 17.9 Å². The summed E-state index contributed by atoms with van der Waals surface area (Å²) < 4.78 is 41.0. The number of anilines is 1. The SMILES string of the molecule is Cc1ccc(S(=O)(=O)N2/C(=C\COc3ccccc3)[C@@H](N3CCOCC3)c3ccccc32)cc1. The first-order chi connectivity index (χ1) is 16.6. The molecule has 1 saturated heterocycles. The van der Waals surface area contributed by atoms with Crippen molar-refractivity contribution in [2.24, 2.45) is 0 Å². The van der Waals surface area contributed by atoms with E-state index in [0.717, 1.165) is 30.0 Å². The molecule has 3 aromatic carbocycles. The molecule has 2 heterocycles. The van der Waals surface area contributed by atoms with Crippen LogP contribution in [0.25, 0.3) is 0 Å². The second-order valence-electron chi connectivity index (χ2n) is 8.45. The predicted molar refractivity (Wildman–Crippen MR) is 132 cm³/mol. The van der Waals surface area contributed by atoms with E-state index < -0.39 is 10.0 Å². The molecule has 176 valence electrons. The number of para-hydroxylation sites is 2. The summed E-state index contributed by atoms with van der Waals surface area (Å²) in [7, 11) is -3.83. The number of rotatable bonds is 6. The van der Waals surface area contributed by atoms with Crippen LogP contribution < -0.4 is 9.04 Å². The summed E-state index contributed by atoms with van der Waals surface area (Å²) in [6.45, 7) is 4.91. The minimum atomic E-state index is -3.83. The molecule has 0 unspecified atom stereocenters. The minimum absolute atomic E-state index is 0.195. The first kappa shape index (κ1) is 22.7. The molecule has 0 saturated carbocycles. The molecule has 0 aliphatic carbocycles. The number of nitrogens with zero attached hydrogens (tertiary/aromatic N) is 2. The van der Waals surface area contributed by atoms with Crippen LogP contribution in [0.2, 0.25) is 0 Å². The Balaban J connectivity index is 1.59. The molecule has 1 atom stereocenters. The van der Waals surface area contributed by atoms with Crippen LogP contribution in [0.15, 0.2) is 95.5 Å². The average molecular weight is 477 g/mol. The molecule has 2 aliphatic rings. The Hall–Kier alpha value is -3.13. The van der Waals surface area contributed by atoms with Gasteiger partial charge in [0.2, 0.25) is 0 Å². The van der Waals surface area contributed by atoms with E-state index in [1.807, 2.05) is 79.7 Å². The third kappa shape index (κ3) is 4.34. The van der Waals surface area contributed by atoms with Crippen molar-refractivity contribution < 1.29 is 17.9 Å². The molecule has 0 radical (unpaired) electrons. The van der Waals surface area contributed by atoms with Gasteiger partial charge in [0.05, 0.1) is 35.5 Å². The van der Waals surface area contributed by atoms with Gasteiger partial charge in [-0.2, -0.15) is 0 Å². The highest BCUT2D eigenvalue weighted by Gasteiger charge is 2.43. The van der Waals surface area contributed by atoms with Gasteiger partial charge >= 0.3 is 0 Å². The van der Waals surface area contributed by atoms with Gasteiger partial charge in [-0.25, -0.2) is 12.7 Å². The molecule has 0 spiro atoms. The lowest BCUT2D eigenvalue weighted by molar-refractivity contribution is 0.0241. The van der Waals surface area contributed by atoms with Crippen LogP contribution in [0.4, 0.5) is 5.69 Å². The molecular formula is C27H28N2O4S. The molecule has 1 fully saturated rings. The van der Waals surface area contributed by atoms with Crippen molar-refractivity contribution >= 4 is 15.7 Å². The summed E-state index contributed by atoms with van der Waals surface area (Å²) in [5.74, 6) is 0.741. The highest BCUT2D eigenvalue weighted by Crippen LogP contribution is 2.48. The Labute approximate surface area is 201 Å². The van der Waals surface area contributed by atoms with E-state index in [-0.39, 0.29) is 17.5 Å². The molecule has 0 N–H and O–H groups in total. The highest BCUT2D eigenvalue weighted by atomic mass is 32.2. The average Bonchev–Trinajstić information content (AvgIpc) is 3.20. The van der Waals surface area contributed by atoms with Crippen molar-refractivity contribution in [2.75, 3.05) is 37.2 Å². The van der Waals surface area contributed by atoms with E-state index in [4.69, 9.17) is 9.47 Å². The fourth-order valence-electron chi connectivity index (χ4n) is 4.55. The molecule has 0 aromatic heterocycles. The number of hydrogen-bond acceptors (Lipinski definition) is 5. The van der Waals surface area contributed by atoms with Crippen molar-refractivity contribution in [3.8, 4) is 5.75 Å². The number of aryl methyl sites for hydroxylation is 1. The first-order valence-corrected chi connectivity index (χ1v) is 12.9. The van der Waals surface area contributed by atoms with Crippen LogP contribution in [-0.2, 0) is 14.8 Å². The van der Waals surface area contributed by atoms with Crippen LogP contribution >= 0.6 is 0 Å². The number of ether oxygens (including phenoxy) is 2. The van der Waals surface area contributed by atoms with Gasteiger partial charge in [0.25, 0.3) is 10.0 Å². The van der Waals surface area contributed by atoms with Crippen LogP contribution in [0.3, 0.4) is 0 Å². The van der Waals surface area contributed by atoms with E-state index in [0.29, 0.717) is 24.6 Å². The van der Waals surface area contributed by atoms with Crippen molar-refractivity contribution in [3.63, 3.8) is 0 Å². The number of morpholine rings is 1. The van der Waals surface area contributed by atoms with Crippen molar-refractivity contribution in [1.82, 2.24) is 4.90 Å². The molecule has 7 heteroatoms. The number of fused-ring (bicyclic) bond motifs is 1. The van der Waals surface area contributed by atoms with Gasteiger partial charge < -0.3 is 9.47 Å². The zero-order valence-electron chi connectivity index (χ0n) is 19.1. The fraction of sp³-hybridized carbons (Fsp3) is 0.259. The Morgan fingerprint density at radius 1 is 0.941 bits per heavy atom. The molecule has 3 aromatic rings. The van der Waals surface area contributed by atoms with Gasteiger partial charge in [0.15, 0.2) is 0 Å². The summed E-state index contributed by atoms with van der Waals surface area (Å²) in [6, 6.07) is 24.1. The largest absolute Gasteiger partial charge is 0.489 e. The maximum absolute atomic E-state index is 14.0. The maximum atomic E-state index is 14.0. The third-order valence-corrected chi connectivity index (χ3v) is 7.98. The summed E-state index contributed by atoms with van der Waals surface area (Å²) in [5.41, 5.74) is 3.37. The van der Waals surface area contributed by atoms with Gasteiger partial charge in [0.1, 0.15) is 12.4 Å². The Morgan fingerprint density at radius 3 is 2.35 bits per heavy atom. The van der Waals surface area contributed by atoms with Crippen LogP contribution in [0, 0.1) is 6.92 Å². The quantitative estimate of drug-likeness (QED) is 0.523. The number of sulfonamides is 1. The van der Waals surface area contributed by atoms with E-state index in [1.54, 1.807) is 12.1 Å². The monoisotopic (exact) mass is 476 g/mol. The molecule has 6 nitrogen and oxygen atoms in total. The molecule has 0 bridgehead atoms. The standard InChI is InChI=1S/C27H28N2O4S/c1-21-11-13-23(14-12-21)34(30,31)29-25-10-6-5-9-24(25)27(28-16-19-32-20-17-28)26(29)15-18-33-22-7-3-2-4-8-22/h2-15,27H,16-20H2,1H3/b26-15-/t27-/m0/s1. The van der Waals surface area contributed by atoms with Gasteiger partial charge in [-0.1, -0.05) is 54.1 Å². The molecule has 2 aliphatic heterocycles. The normalized spacial score (nSPS) is 19.9. The lowest BCUT2D eigenvalue weighted by atomic mass is 10.0. The van der Waals surface area contributed by atoms with Crippen molar-refractivity contribution in [3.05, 3.63) is 102 Å². The zero-order chi connectivity index (χ0) is 23.5. The van der Waals surface area contributed by atoms with Gasteiger partial charge in [-0.05, 0) is 43.3 Å². The molecule has 0 amide bonds. The lowest BCUT2D eigenvalue weighted by Gasteiger charge is -2.34. The number of hydrogen-bond donors (Lipinski definition) is 0. The third-order valence-electron chi connectivity index (χ3n) is 6.22. The van der Waals surface area contributed by atoms with Gasteiger partial charge in [-0.3, -0.25) is 4.90 Å². The summed E-state index contributed by atoms with van der Waals surface area (Å²) >= 11 is 0. The zero-order valence-corrected chi connectivity index (χ0v) is 19.9. The lowest BCUT2D eigenvalue weighted by Crippen LogP contribution is -2.41. The highest BCUT2D eigenvalue weighted by molar-refractivity contribution is 7.93. The van der Waals surface area contributed by atoms with E-state index in [9.17, 15) is 8.42 Å². The second-order valence-corrected chi connectivity index (χ2v) is 10.2. The Kier molecular flexibility index (Phi) is 6.41. The Bertz CT molecular complexity index is 1270. The van der Waals surface area contributed by atoms with Gasteiger partial charge in [0, 0.05) is 18.7 Å². The first-order valence-electron chi connectivity index (χ1n) is 11.5. The van der Waals surface area contributed by atoms with E-state index in [2.05, 4.69) is 4.90 Å². The maximum Gasteiger partial charge on any atom is 0.268 e. The second kappa shape index (κ2) is 9.62. The predicted octanol–water partition coefficient (Wildman–Crippen LogP) is 4.54. The summed E-state index contributed by atoms with van der Waals surface area (Å²) in [5, 5.41) is 0. The molecular weight excluding hydrogens is 448 g/mol. The molecule has 5 rings (SSSR count). The number of benzene rings is 3. The Morgan fingerprint density at radius 2 is 1.62 bits per heavy atom. The van der Waals surface area contributed by atoms with Crippen molar-refractivity contribution in [1.29, 1.82) is 0 Å². The topological polar surface area (TPSA) is 59.1 Å². The minimum Gasteiger partial charge on any atom is -0.489 e. The van der Waals surface area contributed by atoms with Crippen LogP contribution in [0.5, 0.6) is 5.75 Å². The summed E-state index contributed by atoms with van der Waals surface area (Å²) in [4.78, 5) is 2.56. The molecule has 34 heavy (non-hydrogen) atoms. The van der Waals surface area contributed by atoms with Crippen LogP contribution in [-0.4, -0.2) is 46.2 Å². The van der Waals surface area contributed by atoms with Crippen LogP contribution in [0.1, 0.15) is 17.2 Å². The fourth-order valence-corrected chi connectivity index (χ4v) is 6.12. The van der Waals surface area contributed by atoms with Gasteiger partial charge in [-0.15, -0.1) is 0 Å². The smallest absolute Gasteiger partial charge is 0.268 e.